The molecule has 24 heteroatoms. The Morgan fingerprint density at radius 2 is 0.692 bits per heavy atom. The predicted molar refractivity (Wildman–Crippen MR) is 169 cm³/mol. The number of benzene rings is 4. The highest BCUT2D eigenvalue weighted by Crippen LogP contribution is 2.38. The zero-order valence-electron chi connectivity index (χ0n) is 24.8. The van der Waals surface area contributed by atoms with E-state index in [2.05, 4.69) is 0 Å². The Bertz CT molecular complexity index is 2840. The van der Waals surface area contributed by atoms with Crippen molar-refractivity contribution in [2.45, 2.75) is 24.5 Å². The second-order valence-electron chi connectivity index (χ2n) is 10.6. The van der Waals surface area contributed by atoms with Crippen molar-refractivity contribution in [3.05, 3.63) is 111 Å². The molecule has 2 aliphatic rings. The Hall–Kier alpha value is -4.89. The Morgan fingerprint density at radius 1 is 0.327 bits per heavy atom. The molecule has 4 aromatic carbocycles. The molecule has 4 aromatic rings. The van der Waals surface area contributed by atoms with Crippen LogP contribution < -0.4 is 0 Å². The minimum atomic E-state index is -5.18. The smallest absolute Gasteiger partial charge is 0.289 e. The summed E-state index contributed by atoms with van der Waals surface area (Å²) in [7, 11) is -24.5. The molecule has 0 heterocycles. The summed E-state index contributed by atoms with van der Waals surface area (Å²) >= 11 is 0. The van der Waals surface area contributed by atoms with Crippen LogP contribution in [0.25, 0.3) is 0 Å². The summed E-state index contributed by atoms with van der Waals surface area (Å²) in [5, 5.41) is 0. The highest BCUT2D eigenvalue weighted by atomic mass is 32.2. The Kier molecular flexibility index (Phi) is 9.12. The summed E-state index contributed by atoms with van der Waals surface area (Å²) in [6.45, 7) is 0. The van der Waals surface area contributed by atoms with Gasteiger partial charge < -0.3 is 0 Å². The highest BCUT2D eigenvalue weighted by Gasteiger charge is 2.41. The van der Waals surface area contributed by atoms with Gasteiger partial charge in [0.2, 0.25) is 0 Å². The Balaban J connectivity index is 0.000000203. The first-order chi connectivity index (χ1) is 23.7. The molecular weight excluding hydrogens is 801 g/mol. The lowest BCUT2D eigenvalue weighted by Gasteiger charge is -2.22. The molecule has 52 heavy (non-hydrogen) atoms. The molecule has 0 fully saturated rings. The van der Waals surface area contributed by atoms with E-state index in [0.717, 1.165) is 54.6 Å². The van der Waals surface area contributed by atoms with Crippen LogP contribution in [-0.2, 0) is 50.6 Å². The fourth-order valence-corrected chi connectivity index (χ4v) is 8.41. The van der Waals surface area contributed by atoms with Crippen LogP contribution in [0.5, 0.6) is 0 Å². The van der Waals surface area contributed by atoms with Gasteiger partial charge in [-0.2, -0.15) is 42.1 Å². The average Bonchev–Trinajstić information content (AvgIpc) is 3.02. The summed E-state index contributed by atoms with van der Waals surface area (Å²) in [5.74, 6) is -4.18. The van der Waals surface area contributed by atoms with E-state index < -0.39 is 120 Å². The summed E-state index contributed by atoms with van der Waals surface area (Å²) in [5.41, 5.74) is -4.46. The summed E-state index contributed by atoms with van der Waals surface area (Å²) in [6.07, 6.45) is 0. The SMILES string of the molecule is O=C1c2ccc(S(=O)(=O)O)cc2C(=O)c2cc(S(=O)(=O)O)ccc21.O=C1c2cccc(S(=O)(=O)O)c2C(=O)c2c(S(=O)(=O)O)ccc(S(=O)(=O)O)c21. The molecule has 0 spiro atoms. The fraction of sp³-hybridized carbons (Fsp3) is 0. The van der Waals surface area contributed by atoms with E-state index in [1.807, 2.05) is 0 Å². The van der Waals surface area contributed by atoms with Crippen molar-refractivity contribution < 1.29 is 84.0 Å². The maximum Gasteiger partial charge on any atom is 0.295 e. The normalized spacial score (nSPS) is 14.4. The van der Waals surface area contributed by atoms with Crippen LogP contribution in [0.15, 0.2) is 91.2 Å². The van der Waals surface area contributed by atoms with Gasteiger partial charge in [0.15, 0.2) is 23.1 Å². The van der Waals surface area contributed by atoms with Crippen LogP contribution in [-0.4, -0.2) is 88.0 Å². The van der Waals surface area contributed by atoms with Crippen molar-refractivity contribution in [2.75, 3.05) is 0 Å². The third-order valence-corrected chi connectivity index (χ3v) is 11.9. The van der Waals surface area contributed by atoms with Gasteiger partial charge in [-0.3, -0.25) is 41.9 Å². The highest BCUT2D eigenvalue weighted by molar-refractivity contribution is 7.87. The van der Waals surface area contributed by atoms with Crippen molar-refractivity contribution in [1.82, 2.24) is 0 Å². The minimum absolute atomic E-state index is 0.0699. The van der Waals surface area contributed by atoms with Crippen molar-refractivity contribution in [3.63, 3.8) is 0 Å². The van der Waals surface area contributed by atoms with E-state index in [-0.39, 0.29) is 22.3 Å². The van der Waals surface area contributed by atoms with Crippen LogP contribution in [0.3, 0.4) is 0 Å². The first-order valence-corrected chi connectivity index (χ1v) is 20.5. The molecule has 2 aliphatic carbocycles. The van der Waals surface area contributed by atoms with Crippen LogP contribution >= 0.6 is 0 Å². The Labute approximate surface area is 292 Å². The monoisotopic (exact) mass is 816 g/mol. The first kappa shape index (κ1) is 38.3. The van der Waals surface area contributed by atoms with E-state index in [1.54, 1.807) is 0 Å². The molecular formula is C28H16O19S5. The summed E-state index contributed by atoms with van der Waals surface area (Å²) in [4.78, 5) is 46.1. The fourth-order valence-electron chi connectivity index (χ4n) is 5.30. The predicted octanol–water partition coefficient (Wildman–Crippen LogP) is 1.16. The van der Waals surface area contributed by atoms with Crippen molar-refractivity contribution >= 4 is 73.7 Å². The molecule has 0 aromatic heterocycles. The molecule has 272 valence electrons. The lowest BCUT2D eigenvalue weighted by molar-refractivity contribution is 0.0971. The largest absolute Gasteiger partial charge is 0.295 e. The third kappa shape index (κ3) is 6.74. The molecule has 0 unspecified atom stereocenters. The second-order valence-corrected chi connectivity index (χ2v) is 17.6. The maximum absolute atomic E-state index is 12.9. The number of carbonyl (C=O) groups excluding carboxylic acids is 4. The van der Waals surface area contributed by atoms with Gasteiger partial charge in [-0.25, -0.2) is 0 Å². The maximum atomic E-state index is 12.9. The first-order valence-electron chi connectivity index (χ1n) is 13.3. The molecule has 0 atom stereocenters. The van der Waals surface area contributed by atoms with Gasteiger partial charge in [0, 0.05) is 27.8 Å². The average molecular weight is 817 g/mol. The van der Waals surface area contributed by atoms with Crippen molar-refractivity contribution in [3.8, 4) is 0 Å². The zero-order chi connectivity index (χ0) is 39.1. The molecule has 0 saturated carbocycles. The molecule has 0 bridgehead atoms. The lowest BCUT2D eigenvalue weighted by atomic mass is 9.84. The summed E-state index contributed by atoms with van der Waals surface area (Å²) in [6, 6.07) is 9.50. The van der Waals surface area contributed by atoms with Gasteiger partial charge in [-0.15, -0.1) is 0 Å². The van der Waals surface area contributed by atoms with E-state index in [1.165, 1.54) is 0 Å². The molecule has 0 amide bonds. The van der Waals surface area contributed by atoms with Crippen LogP contribution in [0.4, 0.5) is 0 Å². The lowest BCUT2D eigenvalue weighted by Crippen LogP contribution is -2.28. The van der Waals surface area contributed by atoms with E-state index in [9.17, 15) is 74.9 Å². The van der Waals surface area contributed by atoms with Gasteiger partial charge in [-0.05, 0) is 54.6 Å². The van der Waals surface area contributed by atoms with Gasteiger partial charge in [0.05, 0.1) is 26.5 Å². The van der Waals surface area contributed by atoms with Gasteiger partial charge in [-0.1, -0.05) is 12.1 Å². The van der Waals surface area contributed by atoms with Crippen LogP contribution in [0.2, 0.25) is 0 Å². The van der Waals surface area contributed by atoms with E-state index in [0.29, 0.717) is 12.1 Å². The summed E-state index contributed by atoms with van der Waals surface area (Å²) < 4.78 is 160. The van der Waals surface area contributed by atoms with Crippen LogP contribution in [0.1, 0.15) is 63.7 Å². The van der Waals surface area contributed by atoms with Crippen LogP contribution in [0, 0.1) is 0 Å². The van der Waals surface area contributed by atoms with E-state index >= 15 is 0 Å². The standard InChI is InChI=1S/C14H8O11S3.C14H8O8S2/c15-13-6-2-1-3-7(26(17,18)19)10(6)14(16)12-9(28(23,24)25)5-4-8(11(12)13)27(20,21)22;15-13-9-3-1-7(23(17,18)19)5-11(9)14(16)12-6-8(24(20,21)22)2-4-10(12)13/h1-5H,(H,17,18,19)(H,20,21,22)(H,23,24,25);1-6H,(H,17,18,19)(H,20,21,22). The number of ketones is 4. The topological polar surface area (TPSA) is 340 Å². The number of hydrogen-bond acceptors (Lipinski definition) is 14. The van der Waals surface area contributed by atoms with Gasteiger partial charge in [0.1, 0.15) is 14.7 Å². The number of rotatable bonds is 5. The van der Waals surface area contributed by atoms with Crippen molar-refractivity contribution in [1.29, 1.82) is 0 Å². The number of fused-ring (bicyclic) bond motifs is 4. The molecule has 19 nitrogen and oxygen atoms in total. The molecule has 0 radical (unpaired) electrons. The molecule has 6 rings (SSSR count). The van der Waals surface area contributed by atoms with Crippen molar-refractivity contribution in [2.24, 2.45) is 0 Å². The minimum Gasteiger partial charge on any atom is -0.289 e. The number of carbonyl (C=O) groups is 4. The Morgan fingerprint density at radius 3 is 1.08 bits per heavy atom. The molecule has 0 aliphatic heterocycles. The van der Waals surface area contributed by atoms with E-state index in [4.69, 9.17) is 9.11 Å². The van der Waals surface area contributed by atoms with Gasteiger partial charge >= 0.3 is 0 Å². The third-order valence-electron chi connectivity index (χ3n) is 7.47. The molecule has 5 N–H and O–H groups in total. The zero-order valence-corrected chi connectivity index (χ0v) is 28.9. The number of hydrogen-bond donors (Lipinski definition) is 5. The quantitative estimate of drug-likeness (QED) is 0.152. The van der Waals surface area contributed by atoms with Gasteiger partial charge in [0.25, 0.3) is 50.6 Å². The molecule has 0 saturated heterocycles. The second kappa shape index (κ2) is 12.4.